The largest absolute Gasteiger partial charge is 0.126 e. The smallest absolute Gasteiger partial charge is 0.0254 e. The Kier molecular flexibility index (Phi) is 6.55. The van der Waals surface area contributed by atoms with E-state index in [0.29, 0.717) is 5.88 Å². The second-order valence-corrected chi connectivity index (χ2v) is 1.89. The molecule has 0 amide bonds. The van der Waals surface area contributed by atoms with Gasteiger partial charge in [0.1, 0.15) is 0 Å². The molecule has 0 saturated heterocycles. The zero-order valence-electron chi connectivity index (χ0n) is 4.78. The maximum Gasteiger partial charge on any atom is 0.0254 e. The van der Waals surface area contributed by atoms with Crippen molar-refractivity contribution in [3.8, 4) is 0 Å². The third-order valence-electron chi connectivity index (χ3n) is 0.871. The number of unbranched alkanes of at least 4 members (excludes halogenated alkanes) is 3. The van der Waals surface area contributed by atoms with Crippen molar-refractivity contribution in [1.82, 2.24) is 0 Å². The highest BCUT2D eigenvalue weighted by atomic mass is 35.5. The molecule has 0 aromatic rings. The molecule has 1 radical (unpaired) electrons. The van der Waals surface area contributed by atoms with Crippen molar-refractivity contribution in [2.75, 3.05) is 5.88 Å². The van der Waals surface area contributed by atoms with Gasteiger partial charge in [0.15, 0.2) is 0 Å². The second kappa shape index (κ2) is 6.29. The fourth-order valence-corrected chi connectivity index (χ4v) is 0.580. The van der Waals surface area contributed by atoms with E-state index in [1.807, 2.05) is 0 Å². The first-order chi connectivity index (χ1) is 3.41. The molecule has 0 N–H and O–H groups in total. The summed E-state index contributed by atoms with van der Waals surface area (Å²) in [5, 5.41) is 0. The van der Waals surface area contributed by atoms with Gasteiger partial charge >= 0.3 is 0 Å². The molecular weight excluding hydrogens is 108 g/mol. The lowest BCUT2D eigenvalue weighted by Crippen LogP contribution is -1.75. The van der Waals surface area contributed by atoms with Crippen LogP contribution in [0.15, 0.2) is 0 Å². The number of halogens is 1. The SMILES string of the molecule is CCCC[CH]CCl. The summed E-state index contributed by atoms with van der Waals surface area (Å²) in [7, 11) is 0. The van der Waals surface area contributed by atoms with Crippen molar-refractivity contribution in [1.29, 1.82) is 0 Å². The van der Waals surface area contributed by atoms with Crippen LogP contribution in [-0.4, -0.2) is 5.88 Å². The summed E-state index contributed by atoms with van der Waals surface area (Å²) in [6.45, 7) is 2.18. The Morgan fingerprint density at radius 2 is 2.29 bits per heavy atom. The lowest BCUT2D eigenvalue weighted by Gasteiger charge is -1.89. The van der Waals surface area contributed by atoms with E-state index in [4.69, 9.17) is 11.6 Å². The molecule has 0 aromatic carbocycles. The molecule has 0 spiro atoms. The van der Waals surface area contributed by atoms with Gasteiger partial charge in [-0.2, -0.15) is 0 Å². The van der Waals surface area contributed by atoms with Crippen LogP contribution in [0.1, 0.15) is 26.2 Å². The van der Waals surface area contributed by atoms with Crippen LogP contribution in [0.3, 0.4) is 0 Å². The van der Waals surface area contributed by atoms with Crippen LogP contribution in [0.4, 0.5) is 0 Å². The van der Waals surface area contributed by atoms with Crippen molar-refractivity contribution >= 4 is 11.6 Å². The predicted molar refractivity (Wildman–Crippen MR) is 34.5 cm³/mol. The monoisotopic (exact) mass is 119 g/mol. The van der Waals surface area contributed by atoms with Crippen molar-refractivity contribution in [3.05, 3.63) is 6.42 Å². The molecule has 0 aliphatic rings. The molecule has 0 nitrogen and oxygen atoms in total. The topological polar surface area (TPSA) is 0 Å². The summed E-state index contributed by atoms with van der Waals surface area (Å²) in [5.74, 6) is 0.708. The number of hydrogen-bond donors (Lipinski definition) is 0. The Morgan fingerprint density at radius 1 is 1.57 bits per heavy atom. The van der Waals surface area contributed by atoms with Gasteiger partial charge in [0.05, 0.1) is 0 Å². The molecule has 0 atom stereocenters. The van der Waals surface area contributed by atoms with E-state index >= 15 is 0 Å². The van der Waals surface area contributed by atoms with Crippen LogP contribution in [0.5, 0.6) is 0 Å². The van der Waals surface area contributed by atoms with Crippen LogP contribution >= 0.6 is 11.6 Å². The highest BCUT2D eigenvalue weighted by molar-refractivity contribution is 6.18. The molecule has 1 heteroatoms. The Labute approximate surface area is 50.9 Å². The maximum absolute atomic E-state index is 5.38. The first-order valence-corrected chi connectivity index (χ1v) is 3.33. The number of hydrogen-bond acceptors (Lipinski definition) is 0. The molecule has 0 aromatic heterocycles. The quantitative estimate of drug-likeness (QED) is 0.394. The van der Waals surface area contributed by atoms with Crippen LogP contribution in [-0.2, 0) is 0 Å². The molecule has 0 bridgehead atoms. The lowest BCUT2D eigenvalue weighted by atomic mass is 10.2. The average molecular weight is 120 g/mol. The third kappa shape index (κ3) is 6.29. The summed E-state index contributed by atoms with van der Waals surface area (Å²) in [6, 6.07) is 0. The summed E-state index contributed by atoms with van der Waals surface area (Å²) in [4.78, 5) is 0. The van der Waals surface area contributed by atoms with E-state index in [9.17, 15) is 0 Å². The first kappa shape index (κ1) is 7.29. The highest BCUT2D eigenvalue weighted by Gasteiger charge is 1.81. The zero-order valence-corrected chi connectivity index (χ0v) is 5.54. The normalized spacial score (nSPS) is 9.43. The molecule has 43 valence electrons. The predicted octanol–water partition coefficient (Wildman–Crippen LogP) is 2.62. The van der Waals surface area contributed by atoms with Gasteiger partial charge in [-0.1, -0.05) is 19.8 Å². The maximum atomic E-state index is 5.38. The van der Waals surface area contributed by atoms with Gasteiger partial charge in [-0.05, 0) is 12.8 Å². The minimum atomic E-state index is 0.708. The summed E-state index contributed by atoms with van der Waals surface area (Å²) >= 11 is 5.38. The van der Waals surface area contributed by atoms with Crippen LogP contribution in [0.25, 0.3) is 0 Å². The minimum absolute atomic E-state index is 0.708. The summed E-state index contributed by atoms with van der Waals surface area (Å²) in [5.41, 5.74) is 0. The van der Waals surface area contributed by atoms with E-state index < -0.39 is 0 Å². The molecule has 0 fully saturated rings. The van der Waals surface area contributed by atoms with Crippen LogP contribution in [0, 0.1) is 6.42 Å². The van der Waals surface area contributed by atoms with Crippen molar-refractivity contribution in [2.24, 2.45) is 0 Å². The summed E-state index contributed by atoms with van der Waals surface area (Å²) in [6.07, 6.45) is 5.84. The standard InChI is InChI=1S/C6H12Cl/c1-2-3-4-5-6-7/h5H,2-4,6H2,1H3. The van der Waals surface area contributed by atoms with E-state index in [2.05, 4.69) is 13.3 Å². The molecule has 0 saturated carbocycles. The average Bonchev–Trinajstić information content (AvgIpc) is 1.69. The van der Waals surface area contributed by atoms with E-state index in [1.54, 1.807) is 0 Å². The molecule has 7 heavy (non-hydrogen) atoms. The van der Waals surface area contributed by atoms with Crippen molar-refractivity contribution in [3.63, 3.8) is 0 Å². The molecule has 0 aliphatic heterocycles. The molecule has 0 unspecified atom stereocenters. The third-order valence-corrected chi connectivity index (χ3v) is 1.09. The molecule has 0 rings (SSSR count). The first-order valence-electron chi connectivity index (χ1n) is 2.79. The second-order valence-electron chi connectivity index (χ2n) is 1.59. The number of alkyl halides is 1. The van der Waals surface area contributed by atoms with E-state index in [0.717, 1.165) is 0 Å². The van der Waals surface area contributed by atoms with Gasteiger partial charge in [0, 0.05) is 5.88 Å². The van der Waals surface area contributed by atoms with Crippen LogP contribution < -0.4 is 0 Å². The van der Waals surface area contributed by atoms with Crippen LogP contribution in [0.2, 0.25) is 0 Å². The van der Waals surface area contributed by atoms with E-state index in [-0.39, 0.29) is 0 Å². The van der Waals surface area contributed by atoms with Gasteiger partial charge in [-0.25, -0.2) is 0 Å². The molecular formula is C6H12Cl. The zero-order chi connectivity index (χ0) is 5.54. The minimum Gasteiger partial charge on any atom is -0.126 e. The van der Waals surface area contributed by atoms with E-state index in [1.165, 1.54) is 19.3 Å². The fraction of sp³-hybridized carbons (Fsp3) is 0.833. The van der Waals surface area contributed by atoms with Gasteiger partial charge in [0.2, 0.25) is 0 Å². The molecule has 0 aliphatic carbocycles. The Hall–Kier alpha value is 0.290. The van der Waals surface area contributed by atoms with Gasteiger partial charge in [-0.15, -0.1) is 11.6 Å². The Balaban J connectivity index is 2.45. The van der Waals surface area contributed by atoms with Gasteiger partial charge < -0.3 is 0 Å². The molecule has 0 heterocycles. The van der Waals surface area contributed by atoms with Crippen molar-refractivity contribution in [2.45, 2.75) is 26.2 Å². The Bertz CT molecular complexity index is 23.4. The Morgan fingerprint density at radius 3 is 2.71 bits per heavy atom. The highest BCUT2D eigenvalue weighted by Crippen LogP contribution is 1.97. The summed E-state index contributed by atoms with van der Waals surface area (Å²) < 4.78 is 0. The number of rotatable bonds is 4. The van der Waals surface area contributed by atoms with Crippen molar-refractivity contribution < 1.29 is 0 Å². The van der Waals surface area contributed by atoms with Gasteiger partial charge in [-0.3, -0.25) is 0 Å². The lowest BCUT2D eigenvalue weighted by molar-refractivity contribution is 0.785. The fourth-order valence-electron chi connectivity index (χ4n) is 0.426. The van der Waals surface area contributed by atoms with Gasteiger partial charge in [0.25, 0.3) is 0 Å².